The van der Waals surface area contributed by atoms with Gasteiger partial charge >= 0.3 is 5.97 Å². The van der Waals surface area contributed by atoms with Crippen molar-refractivity contribution in [3.63, 3.8) is 0 Å². The minimum Gasteiger partial charge on any atom is -0.432 e. The van der Waals surface area contributed by atoms with Gasteiger partial charge in [0.15, 0.2) is 25.0 Å². The minimum absolute atomic E-state index is 0.0460. The van der Waals surface area contributed by atoms with Gasteiger partial charge in [-0.05, 0) is 86.4 Å². The molecule has 8 aliphatic rings. The van der Waals surface area contributed by atoms with Gasteiger partial charge in [0.1, 0.15) is 116 Å². The van der Waals surface area contributed by atoms with Crippen LogP contribution in [0.25, 0.3) is 0 Å². The maximum absolute atomic E-state index is 14.9. The van der Waals surface area contributed by atoms with Gasteiger partial charge in [-0.15, -0.1) is 0 Å². The molecule has 31 atom stereocenters. The Hall–Kier alpha value is -1.79. The summed E-state index contributed by atoms with van der Waals surface area (Å²) in [5.41, 5.74) is -2.15. The number of aliphatic hydroxyl groups is 17. The van der Waals surface area contributed by atoms with E-state index in [0.29, 0.717) is 51.4 Å². The number of carbonyl (C=O) groups is 1. The minimum atomic E-state index is -1.93. The molecule has 79 heavy (non-hydrogen) atoms. The van der Waals surface area contributed by atoms with Crippen molar-refractivity contribution in [2.45, 2.75) is 239 Å². The smallest absolute Gasteiger partial charge is 0.314 e. The number of hydrogen-bond acceptors (Lipinski definition) is 27. The molecule has 0 aromatic heterocycles. The quantitative estimate of drug-likeness (QED) is 0.0536. The van der Waals surface area contributed by atoms with E-state index in [0.717, 1.165) is 5.57 Å². The summed E-state index contributed by atoms with van der Waals surface area (Å²) in [6.07, 6.45) is -37.6. The van der Waals surface area contributed by atoms with Crippen molar-refractivity contribution in [2.24, 2.45) is 33.5 Å². The Balaban J connectivity index is 1.03. The van der Waals surface area contributed by atoms with Crippen LogP contribution in [0.5, 0.6) is 0 Å². The molecule has 0 aromatic carbocycles. The summed E-state index contributed by atoms with van der Waals surface area (Å²) in [7, 11) is 0. The highest BCUT2D eigenvalue weighted by molar-refractivity contribution is 5.77. The molecule has 0 radical (unpaired) electrons. The van der Waals surface area contributed by atoms with Crippen molar-refractivity contribution in [1.82, 2.24) is 0 Å². The number of rotatable bonds is 15. The molecule has 5 heterocycles. The maximum atomic E-state index is 14.9. The van der Waals surface area contributed by atoms with Gasteiger partial charge in [0.05, 0.1) is 44.6 Å². The monoisotopic (exact) mass is 1140 g/mol. The highest BCUT2D eigenvalue weighted by Gasteiger charge is 2.64. The summed E-state index contributed by atoms with van der Waals surface area (Å²) in [5.74, 6) is -1.10. The first-order valence-corrected chi connectivity index (χ1v) is 27.5. The first-order valence-electron chi connectivity index (χ1n) is 27.5. The molecule has 27 nitrogen and oxygen atoms in total. The molecule has 5 saturated heterocycles. The lowest BCUT2D eigenvalue weighted by molar-refractivity contribution is -0.363. The Morgan fingerprint density at radius 1 is 0.494 bits per heavy atom. The van der Waals surface area contributed by atoms with E-state index in [9.17, 15) is 91.6 Å². The van der Waals surface area contributed by atoms with Crippen LogP contribution in [-0.2, 0) is 47.4 Å². The second-order valence-corrected chi connectivity index (χ2v) is 24.6. The van der Waals surface area contributed by atoms with Crippen LogP contribution in [0.4, 0.5) is 0 Å². The number of fused-ring (bicyclic) bond motifs is 3. The lowest BCUT2D eigenvalue weighted by atomic mass is 9.42. The van der Waals surface area contributed by atoms with Crippen molar-refractivity contribution >= 4 is 5.97 Å². The van der Waals surface area contributed by atoms with E-state index >= 15 is 0 Å². The van der Waals surface area contributed by atoms with Crippen molar-refractivity contribution in [3.8, 4) is 0 Å². The van der Waals surface area contributed by atoms with Gasteiger partial charge in [0, 0.05) is 0 Å². The van der Waals surface area contributed by atoms with Crippen LogP contribution >= 0.6 is 0 Å². The number of carbonyl (C=O) groups excluding carboxylic acids is 1. The van der Waals surface area contributed by atoms with Gasteiger partial charge in [-0.25, -0.2) is 0 Å². The number of aliphatic hydroxyl groups excluding tert-OH is 17. The van der Waals surface area contributed by atoms with E-state index in [-0.39, 0.29) is 18.3 Å². The third-order valence-electron chi connectivity index (χ3n) is 19.6. The standard InChI is InChI=1S/C52H86O27/c1-20-13-50(3)12-8-28-51(4,9-6-10-52(28,5)48(70)79-47-43(38(66)32(60)25(18-56)76-47)78-46-41(69)36(64)31(59)24(17-55)75-46)27(50)7-11-49(20,2)14-21-42(77-45-40(68)35(63)30(58)23(16-54)74-45)37(65)33(61)26(72-21)19-71-44-39(67)34(62)29(57)22(15-53)73-44/h21-47,53-69H,1,6-19H2,2-5H3/t21?,22?,23?,24?,25?,26?,27-,28?,29?,30?,31?,32?,33?,34?,35?,36?,37?,38?,39?,40?,41?,42?,43?,44?,45?,46?,47?,49+,50-,51?,52-/m1/s1. The normalized spacial score (nSPS) is 53.6. The molecule has 5 aliphatic heterocycles. The fourth-order valence-corrected chi connectivity index (χ4v) is 14.7. The highest BCUT2D eigenvalue weighted by Crippen LogP contribution is 2.69. The van der Waals surface area contributed by atoms with Gasteiger partial charge in [-0.1, -0.05) is 39.3 Å². The van der Waals surface area contributed by atoms with Crippen LogP contribution in [0.1, 0.15) is 85.5 Å². The Morgan fingerprint density at radius 2 is 0.937 bits per heavy atom. The van der Waals surface area contributed by atoms with Crippen LogP contribution < -0.4 is 0 Å². The van der Waals surface area contributed by atoms with Crippen molar-refractivity contribution in [1.29, 1.82) is 0 Å². The van der Waals surface area contributed by atoms with E-state index in [2.05, 4.69) is 20.4 Å². The van der Waals surface area contributed by atoms with Crippen LogP contribution in [0.3, 0.4) is 0 Å². The molecule has 0 spiro atoms. The third kappa shape index (κ3) is 11.7. The van der Waals surface area contributed by atoms with Gasteiger partial charge < -0.3 is 129 Å². The molecule has 0 amide bonds. The first-order chi connectivity index (χ1) is 37.1. The summed E-state index contributed by atoms with van der Waals surface area (Å²) < 4.78 is 53.0. The van der Waals surface area contributed by atoms with Crippen molar-refractivity contribution in [2.75, 3.05) is 33.0 Å². The molecule has 8 rings (SSSR count). The molecule has 3 aliphatic carbocycles. The summed E-state index contributed by atoms with van der Waals surface area (Å²) >= 11 is 0. The molecule has 8 fully saturated rings. The fourth-order valence-electron chi connectivity index (χ4n) is 14.7. The Morgan fingerprint density at radius 3 is 1.47 bits per heavy atom. The summed E-state index contributed by atoms with van der Waals surface area (Å²) in [4.78, 5) is 14.9. The number of allylic oxidation sites excluding steroid dienone is 1. The Bertz CT molecular complexity index is 2050. The lowest BCUT2D eigenvalue weighted by Gasteiger charge is -2.62. The predicted molar refractivity (Wildman–Crippen MR) is 262 cm³/mol. The summed E-state index contributed by atoms with van der Waals surface area (Å²) in [6, 6.07) is 0. The Kier molecular flexibility index (Phi) is 19.7. The van der Waals surface area contributed by atoms with Crippen LogP contribution in [0, 0.1) is 33.5 Å². The Labute approximate surface area is 456 Å². The summed E-state index contributed by atoms with van der Waals surface area (Å²) in [6.45, 7) is 9.07. The van der Waals surface area contributed by atoms with E-state index in [1.807, 2.05) is 6.92 Å². The van der Waals surface area contributed by atoms with Crippen molar-refractivity contribution < 1.29 is 134 Å². The largest absolute Gasteiger partial charge is 0.432 e. The summed E-state index contributed by atoms with van der Waals surface area (Å²) in [5, 5.41) is 181. The van der Waals surface area contributed by atoms with Crippen molar-refractivity contribution in [3.05, 3.63) is 12.2 Å². The fraction of sp³-hybridized carbons (Fsp3) is 0.942. The van der Waals surface area contributed by atoms with Crippen LogP contribution in [0.2, 0.25) is 0 Å². The zero-order valence-corrected chi connectivity index (χ0v) is 44.9. The van der Waals surface area contributed by atoms with Gasteiger partial charge in [-0.2, -0.15) is 0 Å². The van der Waals surface area contributed by atoms with Gasteiger partial charge in [-0.3, -0.25) is 4.79 Å². The maximum Gasteiger partial charge on any atom is 0.314 e. The molecule has 3 saturated carbocycles. The number of hydrogen-bond donors (Lipinski definition) is 17. The SMILES string of the molecule is C=C1C[C@@]2(C)CCC3C(C)(CCC[C@@]3(C)C(=O)OC3OC(CO)C(O)C(O)C3OC3OC(CO)C(O)C(O)C3O)[C@@H]2CC[C@@]1(C)CC1OC(COC2OC(CO)C(O)C(O)C2O)C(O)C(O)C1OC1OC(CO)C(O)C(O)C1O. The molecular formula is C52H86O27. The molecule has 27 unspecified atom stereocenters. The van der Waals surface area contributed by atoms with E-state index in [4.69, 9.17) is 42.6 Å². The molecule has 27 heteroatoms. The molecule has 0 aromatic rings. The van der Waals surface area contributed by atoms with E-state index in [1.165, 1.54) is 0 Å². The second kappa shape index (κ2) is 24.7. The molecule has 17 N–H and O–H groups in total. The van der Waals surface area contributed by atoms with Gasteiger partial charge in [0.2, 0.25) is 6.29 Å². The second-order valence-electron chi connectivity index (χ2n) is 24.6. The average Bonchev–Trinajstić information content (AvgIpc) is 3.62. The van der Waals surface area contributed by atoms with E-state index < -0.39 is 214 Å². The molecular weight excluding hydrogens is 1060 g/mol. The van der Waals surface area contributed by atoms with Crippen LogP contribution in [-0.4, -0.2) is 279 Å². The first kappa shape index (κ1) is 63.2. The van der Waals surface area contributed by atoms with Crippen LogP contribution in [0.15, 0.2) is 12.2 Å². The third-order valence-corrected chi connectivity index (χ3v) is 19.6. The topological polar surface area (TPSA) is 444 Å². The highest BCUT2D eigenvalue weighted by atomic mass is 16.8. The predicted octanol–water partition coefficient (Wildman–Crippen LogP) is -5.99. The molecule has 456 valence electrons. The number of esters is 1. The zero-order chi connectivity index (χ0) is 58.0. The zero-order valence-electron chi connectivity index (χ0n) is 44.9. The molecule has 0 bridgehead atoms. The number of ether oxygens (including phenoxy) is 9. The van der Waals surface area contributed by atoms with Gasteiger partial charge in [0.25, 0.3) is 0 Å². The lowest BCUT2D eigenvalue weighted by Crippen LogP contribution is -2.65. The average molecular weight is 1140 g/mol. The van der Waals surface area contributed by atoms with E-state index in [1.54, 1.807) is 6.92 Å².